The van der Waals surface area contributed by atoms with E-state index < -0.39 is 0 Å². The van der Waals surface area contributed by atoms with Crippen molar-refractivity contribution < 1.29 is 4.79 Å². The van der Waals surface area contributed by atoms with E-state index in [0.717, 1.165) is 45.5 Å². The first-order valence-corrected chi connectivity index (χ1v) is 8.76. The van der Waals surface area contributed by atoms with Gasteiger partial charge in [0.25, 0.3) is 5.91 Å². The number of aromatic nitrogens is 1. The van der Waals surface area contributed by atoms with Crippen molar-refractivity contribution in [2.75, 3.05) is 39.1 Å². The van der Waals surface area contributed by atoms with Crippen LogP contribution in [-0.2, 0) is 0 Å². The van der Waals surface area contributed by atoms with Crippen molar-refractivity contribution in [1.29, 1.82) is 0 Å². The minimum Gasteiger partial charge on any atom is -0.354 e. The second-order valence-electron chi connectivity index (χ2n) is 5.55. The van der Waals surface area contributed by atoms with Crippen molar-refractivity contribution in [3.05, 3.63) is 10.9 Å². The zero-order valence-corrected chi connectivity index (χ0v) is 14.2. The molecule has 1 fully saturated rings. The monoisotopic (exact) mass is 324 g/mol. The summed E-state index contributed by atoms with van der Waals surface area (Å²) in [5.41, 5.74) is 0. The Labute approximate surface area is 132 Å². The van der Waals surface area contributed by atoms with Crippen molar-refractivity contribution in [3.8, 4) is 0 Å². The van der Waals surface area contributed by atoms with Gasteiger partial charge in [-0.3, -0.25) is 4.79 Å². The lowest BCUT2D eigenvalue weighted by molar-refractivity contribution is 0.0703. The Kier molecular flexibility index (Phi) is 4.14. The highest BCUT2D eigenvalue weighted by molar-refractivity contribution is 7.29. The summed E-state index contributed by atoms with van der Waals surface area (Å²) in [7, 11) is 5.94. The molecule has 21 heavy (non-hydrogen) atoms. The van der Waals surface area contributed by atoms with Gasteiger partial charge in [-0.05, 0) is 26.0 Å². The number of rotatable bonds is 3. The molecule has 1 aliphatic rings. The second-order valence-corrected chi connectivity index (χ2v) is 7.59. The van der Waals surface area contributed by atoms with E-state index in [1.165, 1.54) is 11.3 Å². The number of likely N-dealkylation sites (tertiary alicyclic amines) is 1. The van der Waals surface area contributed by atoms with Crippen LogP contribution >= 0.6 is 22.7 Å². The summed E-state index contributed by atoms with van der Waals surface area (Å²) in [5.74, 6) is 0.150. The maximum atomic E-state index is 12.6. The summed E-state index contributed by atoms with van der Waals surface area (Å²) in [6, 6.07) is 2.41. The van der Waals surface area contributed by atoms with Crippen LogP contribution in [0, 0.1) is 0 Å². The van der Waals surface area contributed by atoms with Crippen molar-refractivity contribution in [2.24, 2.45) is 0 Å². The molecular weight excluding hydrogens is 304 g/mol. The Bertz CT molecular complexity index is 617. The van der Waals surface area contributed by atoms with Crippen LogP contribution in [0.25, 0.3) is 9.53 Å². The summed E-state index contributed by atoms with van der Waals surface area (Å²) in [5, 5.41) is 4.26. The Morgan fingerprint density at radius 1 is 1.48 bits per heavy atom. The van der Waals surface area contributed by atoms with Crippen LogP contribution in [0.3, 0.4) is 0 Å². The van der Waals surface area contributed by atoms with Crippen LogP contribution < -0.4 is 10.2 Å². The molecule has 1 saturated heterocycles. The maximum Gasteiger partial charge on any atom is 0.264 e. The van der Waals surface area contributed by atoms with Crippen LogP contribution in [-0.4, -0.2) is 56.1 Å². The van der Waals surface area contributed by atoms with Gasteiger partial charge in [-0.1, -0.05) is 11.3 Å². The zero-order chi connectivity index (χ0) is 15.0. The lowest BCUT2D eigenvalue weighted by Crippen LogP contribution is -2.46. The van der Waals surface area contributed by atoms with Gasteiger partial charge in [0.05, 0.1) is 9.58 Å². The highest BCUT2D eigenvalue weighted by atomic mass is 32.1. The van der Waals surface area contributed by atoms with E-state index in [1.54, 1.807) is 11.3 Å². The highest BCUT2D eigenvalue weighted by Crippen LogP contribution is 2.34. The number of anilines is 1. The van der Waals surface area contributed by atoms with Gasteiger partial charge < -0.3 is 15.1 Å². The third-order valence-corrected chi connectivity index (χ3v) is 6.10. The van der Waals surface area contributed by atoms with Crippen LogP contribution in [0.1, 0.15) is 22.5 Å². The van der Waals surface area contributed by atoms with E-state index in [9.17, 15) is 4.79 Å². The number of nitrogens with one attached hydrogen (secondary N) is 1. The highest BCUT2D eigenvalue weighted by Gasteiger charge is 2.25. The number of carbonyl (C=O) groups is 1. The molecule has 3 heterocycles. The minimum absolute atomic E-state index is 0.150. The van der Waals surface area contributed by atoms with Gasteiger partial charge in [0.2, 0.25) is 0 Å². The first-order valence-electron chi connectivity index (χ1n) is 7.12. The average Bonchev–Trinajstić information content (AvgIpc) is 3.05. The lowest BCUT2D eigenvalue weighted by Gasteiger charge is -2.32. The number of fused-ring (bicyclic) bond motifs is 1. The smallest absolute Gasteiger partial charge is 0.264 e. The number of likely N-dealkylation sites (N-methyl/N-ethyl adjacent to an activating group) is 1. The number of piperidine rings is 1. The normalized spacial score (nSPS) is 19.2. The van der Waals surface area contributed by atoms with E-state index in [-0.39, 0.29) is 5.91 Å². The molecule has 0 spiro atoms. The van der Waals surface area contributed by atoms with E-state index in [4.69, 9.17) is 0 Å². The quantitative estimate of drug-likeness (QED) is 0.941. The molecule has 3 rings (SSSR count). The zero-order valence-electron chi connectivity index (χ0n) is 12.5. The molecule has 7 heteroatoms. The van der Waals surface area contributed by atoms with E-state index in [0.29, 0.717) is 6.04 Å². The molecule has 0 bridgehead atoms. The number of amides is 1. The number of thiophene rings is 1. The predicted octanol–water partition coefficient (Wildman–Crippen LogP) is 2.25. The fraction of sp³-hybridized carbons (Fsp3) is 0.571. The van der Waals surface area contributed by atoms with Gasteiger partial charge in [0.15, 0.2) is 5.13 Å². The number of hydrogen-bond donors (Lipinski definition) is 1. The molecule has 1 unspecified atom stereocenters. The third-order valence-electron chi connectivity index (χ3n) is 3.79. The standard InChI is InChI=1S/C14H20N4OS2/c1-15-9-5-4-6-18(8-9)13(19)11-7-10-12(20-11)16-14(21-10)17(2)3/h7,9,15H,4-6,8H2,1-3H3. The Hall–Kier alpha value is -1.18. The summed E-state index contributed by atoms with van der Waals surface area (Å²) in [6.07, 6.45) is 2.22. The molecule has 1 aliphatic heterocycles. The summed E-state index contributed by atoms with van der Waals surface area (Å²) in [6.45, 7) is 1.66. The predicted molar refractivity (Wildman–Crippen MR) is 89.8 cm³/mol. The Morgan fingerprint density at radius 2 is 2.29 bits per heavy atom. The molecule has 1 atom stereocenters. The lowest BCUT2D eigenvalue weighted by atomic mass is 10.1. The summed E-state index contributed by atoms with van der Waals surface area (Å²) in [4.78, 5) is 22.9. The van der Waals surface area contributed by atoms with E-state index in [1.807, 2.05) is 37.0 Å². The van der Waals surface area contributed by atoms with Gasteiger partial charge in [-0.25, -0.2) is 4.98 Å². The van der Waals surface area contributed by atoms with Gasteiger partial charge in [0.1, 0.15) is 4.83 Å². The van der Waals surface area contributed by atoms with Crippen molar-refractivity contribution in [3.63, 3.8) is 0 Å². The molecule has 0 saturated carbocycles. The summed E-state index contributed by atoms with van der Waals surface area (Å²) < 4.78 is 1.11. The van der Waals surface area contributed by atoms with Crippen LogP contribution in [0.15, 0.2) is 6.07 Å². The van der Waals surface area contributed by atoms with Gasteiger partial charge in [-0.2, -0.15) is 0 Å². The number of carbonyl (C=O) groups excluding carboxylic acids is 1. The van der Waals surface area contributed by atoms with Crippen molar-refractivity contribution >= 4 is 43.2 Å². The molecule has 0 aromatic carbocycles. The van der Waals surface area contributed by atoms with Crippen LogP contribution in [0.4, 0.5) is 5.13 Å². The van der Waals surface area contributed by atoms with Crippen LogP contribution in [0.2, 0.25) is 0 Å². The summed E-state index contributed by atoms with van der Waals surface area (Å²) >= 11 is 3.14. The van der Waals surface area contributed by atoms with Gasteiger partial charge >= 0.3 is 0 Å². The number of hydrogen-bond acceptors (Lipinski definition) is 6. The number of thiazole rings is 1. The fourth-order valence-corrected chi connectivity index (χ4v) is 4.67. The molecule has 1 N–H and O–H groups in total. The fourth-order valence-electron chi connectivity index (χ4n) is 2.57. The Morgan fingerprint density at radius 3 is 2.95 bits per heavy atom. The van der Waals surface area contributed by atoms with Crippen LogP contribution in [0.5, 0.6) is 0 Å². The number of nitrogens with zero attached hydrogens (tertiary/aromatic N) is 3. The average molecular weight is 324 g/mol. The largest absolute Gasteiger partial charge is 0.354 e. The molecule has 0 radical (unpaired) electrons. The molecule has 114 valence electrons. The first kappa shape index (κ1) is 14.7. The first-order chi connectivity index (χ1) is 10.1. The second kappa shape index (κ2) is 5.90. The Balaban J connectivity index is 1.79. The topological polar surface area (TPSA) is 48.5 Å². The molecule has 2 aromatic rings. The van der Waals surface area contributed by atoms with Crippen molar-refractivity contribution in [1.82, 2.24) is 15.2 Å². The molecule has 5 nitrogen and oxygen atoms in total. The molecular formula is C14H20N4OS2. The van der Waals surface area contributed by atoms with Gasteiger partial charge in [-0.15, -0.1) is 11.3 Å². The van der Waals surface area contributed by atoms with Gasteiger partial charge in [0, 0.05) is 33.2 Å². The SMILES string of the molecule is CNC1CCCN(C(=O)c2cc3sc(N(C)C)nc3s2)C1. The maximum absolute atomic E-state index is 12.6. The minimum atomic E-state index is 0.150. The third kappa shape index (κ3) is 2.90. The van der Waals surface area contributed by atoms with Crippen molar-refractivity contribution in [2.45, 2.75) is 18.9 Å². The van der Waals surface area contributed by atoms with E-state index >= 15 is 0 Å². The molecule has 1 amide bonds. The molecule has 0 aliphatic carbocycles. The molecule has 2 aromatic heterocycles. The van der Waals surface area contributed by atoms with E-state index in [2.05, 4.69) is 10.3 Å².